The number of hydrogen-bond donors (Lipinski definition) is 2. The Morgan fingerprint density at radius 1 is 1.27 bits per heavy atom. The Labute approximate surface area is 171 Å². The SMILES string of the molecule is O=C(O)c1cn(C2CC2)c2cc(N3CCNC(c4ccccn4)C3)c(F)cc2c1=O. The highest BCUT2D eigenvalue weighted by Gasteiger charge is 2.29. The van der Waals surface area contributed by atoms with Gasteiger partial charge in [-0.1, -0.05) is 6.07 Å². The molecule has 1 aromatic carbocycles. The van der Waals surface area contributed by atoms with Crippen LogP contribution in [0.15, 0.2) is 47.5 Å². The maximum atomic E-state index is 15.1. The number of nitrogens with zero attached hydrogens (tertiary/aromatic N) is 3. The first-order valence-corrected chi connectivity index (χ1v) is 10.0. The van der Waals surface area contributed by atoms with Crippen LogP contribution in [0.25, 0.3) is 10.9 Å². The Hall–Kier alpha value is -3.26. The molecule has 5 rings (SSSR count). The van der Waals surface area contributed by atoms with Gasteiger partial charge in [0.25, 0.3) is 0 Å². The van der Waals surface area contributed by atoms with Crippen molar-refractivity contribution in [2.24, 2.45) is 0 Å². The second-order valence-corrected chi connectivity index (χ2v) is 7.84. The lowest BCUT2D eigenvalue weighted by molar-refractivity contribution is 0.0695. The van der Waals surface area contributed by atoms with Gasteiger partial charge in [-0.3, -0.25) is 9.78 Å². The molecule has 1 aliphatic carbocycles. The molecule has 154 valence electrons. The molecule has 7 nitrogen and oxygen atoms in total. The maximum absolute atomic E-state index is 15.1. The predicted molar refractivity (Wildman–Crippen MR) is 111 cm³/mol. The van der Waals surface area contributed by atoms with Gasteiger partial charge in [0.15, 0.2) is 0 Å². The molecule has 0 spiro atoms. The molecule has 0 bridgehead atoms. The number of halogens is 1. The van der Waals surface area contributed by atoms with Crippen molar-refractivity contribution in [2.75, 3.05) is 24.5 Å². The molecule has 2 aliphatic rings. The van der Waals surface area contributed by atoms with E-state index in [1.165, 1.54) is 12.3 Å². The zero-order valence-electron chi connectivity index (χ0n) is 16.2. The highest BCUT2D eigenvalue weighted by Crippen LogP contribution is 2.38. The number of carboxylic acid groups (broad SMARTS) is 1. The Kier molecular flexibility index (Phi) is 4.51. The normalized spacial score (nSPS) is 19.2. The van der Waals surface area contributed by atoms with Crippen molar-refractivity contribution >= 4 is 22.6 Å². The number of pyridine rings is 2. The molecule has 0 radical (unpaired) electrons. The van der Waals surface area contributed by atoms with E-state index in [0.717, 1.165) is 18.5 Å². The summed E-state index contributed by atoms with van der Waals surface area (Å²) >= 11 is 0. The van der Waals surface area contributed by atoms with E-state index in [9.17, 15) is 14.7 Å². The maximum Gasteiger partial charge on any atom is 0.341 e. The minimum Gasteiger partial charge on any atom is -0.477 e. The quantitative estimate of drug-likeness (QED) is 0.690. The fourth-order valence-electron chi connectivity index (χ4n) is 4.16. The van der Waals surface area contributed by atoms with Gasteiger partial charge >= 0.3 is 5.97 Å². The molecule has 2 aromatic heterocycles. The number of carboxylic acids is 1. The standard InChI is InChI=1S/C22H21FN4O3/c23-16-9-14-19(27(13-4-5-13)11-15(21(14)28)22(29)30)10-20(16)26-8-7-25-18(12-26)17-3-1-2-6-24-17/h1-3,6,9-11,13,18,25H,4-5,7-8,12H2,(H,29,30). The predicted octanol–water partition coefficient (Wildman–Crippen LogP) is 2.72. The van der Waals surface area contributed by atoms with Gasteiger partial charge in [0, 0.05) is 43.5 Å². The highest BCUT2D eigenvalue weighted by molar-refractivity contribution is 5.93. The van der Waals surface area contributed by atoms with Crippen molar-refractivity contribution in [3.63, 3.8) is 0 Å². The molecule has 2 N–H and O–H groups in total. The van der Waals surface area contributed by atoms with Crippen LogP contribution >= 0.6 is 0 Å². The van der Waals surface area contributed by atoms with Crippen LogP contribution in [0.4, 0.5) is 10.1 Å². The molecule has 1 saturated carbocycles. The topological polar surface area (TPSA) is 87.5 Å². The van der Waals surface area contributed by atoms with Crippen molar-refractivity contribution in [3.05, 3.63) is 70.0 Å². The lowest BCUT2D eigenvalue weighted by Crippen LogP contribution is -2.46. The summed E-state index contributed by atoms with van der Waals surface area (Å²) in [4.78, 5) is 30.5. The third-order valence-electron chi connectivity index (χ3n) is 5.83. The van der Waals surface area contributed by atoms with E-state index < -0.39 is 17.2 Å². The van der Waals surface area contributed by atoms with Crippen LogP contribution in [0.5, 0.6) is 0 Å². The molecular formula is C22H21FN4O3. The van der Waals surface area contributed by atoms with E-state index in [4.69, 9.17) is 0 Å². The lowest BCUT2D eigenvalue weighted by Gasteiger charge is -2.35. The number of rotatable bonds is 4. The van der Waals surface area contributed by atoms with Gasteiger partial charge in [0.1, 0.15) is 11.4 Å². The minimum atomic E-state index is -1.29. The van der Waals surface area contributed by atoms with Gasteiger partial charge in [0.05, 0.1) is 22.9 Å². The second kappa shape index (κ2) is 7.21. The zero-order chi connectivity index (χ0) is 20.8. The molecule has 1 aliphatic heterocycles. The summed E-state index contributed by atoms with van der Waals surface area (Å²) < 4.78 is 16.9. The zero-order valence-corrected chi connectivity index (χ0v) is 16.2. The molecule has 1 saturated heterocycles. The fraction of sp³-hybridized carbons (Fsp3) is 0.318. The summed E-state index contributed by atoms with van der Waals surface area (Å²) in [7, 11) is 0. The van der Waals surface area contributed by atoms with E-state index in [0.29, 0.717) is 30.8 Å². The van der Waals surface area contributed by atoms with Crippen molar-refractivity contribution in [3.8, 4) is 0 Å². The molecule has 3 aromatic rings. The Balaban J connectivity index is 1.59. The van der Waals surface area contributed by atoms with Crippen LogP contribution in [0.2, 0.25) is 0 Å². The summed E-state index contributed by atoms with van der Waals surface area (Å²) in [6, 6.07) is 8.72. The fourth-order valence-corrected chi connectivity index (χ4v) is 4.16. The van der Waals surface area contributed by atoms with Crippen LogP contribution in [0.1, 0.15) is 41.0 Å². The largest absolute Gasteiger partial charge is 0.477 e. The van der Waals surface area contributed by atoms with Crippen LogP contribution < -0.4 is 15.6 Å². The summed E-state index contributed by atoms with van der Waals surface area (Å²) in [6.07, 6.45) is 4.97. The summed E-state index contributed by atoms with van der Waals surface area (Å²) in [5.41, 5.74) is 0.925. The monoisotopic (exact) mass is 408 g/mol. The number of aromatic carboxylic acids is 1. The number of hydrogen-bond acceptors (Lipinski definition) is 5. The van der Waals surface area contributed by atoms with Crippen molar-refractivity contribution in [1.82, 2.24) is 14.9 Å². The average Bonchev–Trinajstić information content (AvgIpc) is 3.60. The summed E-state index contributed by atoms with van der Waals surface area (Å²) in [5.74, 6) is -1.81. The smallest absolute Gasteiger partial charge is 0.341 e. The number of fused-ring (bicyclic) bond motifs is 1. The summed E-state index contributed by atoms with van der Waals surface area (Å²) in [5, 5.41) is 12.9. The first-order valence-electron chi connectivity index (χ1n) is 10.0. The molecule has 8 heteroatoms. The van der Waals surface area contributed by atoms with Gasteiger partial charge < -0.3 is 19.9 Å². The van der Waals surface area contributed by atoms with Crippen LogP contribution in [-0.2, 0) is 0 Å². The number of aromatic nitrogens is 2. The second-order valence-electron chi connectivity index (χ2n) is 7.84. The number of anilines is 1. The minimum absolute atomic E-state index is 0.0324. The van der Waals surface area contributed by atoms with E-state index in [1.54, 1.807) is 12.3 Å². The summed E-state index contributed by atoms with van der Waals surface area (Å²) in [6.45, 7) is 1.83. The highest BCUT2D eigenvalue weighted by atomic mass is 19.1. The van der Waals surface area contributed by atoms with Crippen molar-refractivity contribution in [1.29, 1.82) is 0 Å². The first kappa shape index (κ1) is 18.7. The van der Waals surface area contributed by atoms with Gasteiger partial charge in [-0.05, 0) is 37.1 Å². The Bertz CT molecular complexity index is 1190. The Morgan fingerprint density at radius 2 is 2.10 bits per heavy atom. The number of nitrogens with one attached hydrogen (secondary N) is 1. The third-order valence-corrected chi connectivity index (χ3v) is 5.83. The third kappa shape index (κ3) is 3.23. The molecule has 1 atom stereocenters. The van der Waals surface area contributed by atoms with Crippen LogP contribution in [0, 0.1) is 5.82 Å². The Morgan fingerprint density at radius 3 is 2.80 bits per heavy atom. The number of piperazine rings is 1. The van der Waals surface area contributed by atoms with E-state index in [-0.39, 0.29) is 23.0 Å². The molecule has 0 amide bonds. The average molecular weight is 408 g/mol. The van der Waals surface area contributed by atoms with Crippen LogP contribution in [-0.4, -0.2) is 40.3 Å². The van der Waals surface area contributed by atoms with Gasteiger partial charge in [-0.15, -0.1) is 0 Å². The van der Waals surface area contributed by atoms with Gasteiger partial charge in [-0.2, -0.15) is 0 Å². The van der Waals surface area contributed by atoms with Gasteiger partial charge in [0.2, 0.25) is 5.43 Å². The number of carbonyl (C=O) groups is 1. The van der Waals surface area contributed by atoms with Crippen molar-refractivity contribution < 1.29 is 14.3 Å². The number of benzene rings is 1. The van der Waals surface area contributed by atoms with Crippen LogP contribution in [0.3, 0.4) is 0 Å². The van der Waals surface area contributed by atoms with E-state index in [1.807, 2.05) is 27.7 Å². The first-order chi connectivity index (χ1) is 14.5. The van der Waals surface area contributed by atoms with E-state index in [2.05, 4.69) is 10.3 Å². The molecular weight excluding hydrogens is 387 g/mol. The lowest BCUT2D eigenvalue weighted by atomic mass is 10.1. The molecule has 2 fully saturated rings. The molecule has 3 heterocycles. The van der Waals surface area contributed by atoms with Crippen molar-refractivity contribution in [2.45, 2.75) is 24.9 Å². The van der Waals surface area contributed by atoms with Gasteiger partial charge in [-0.25, -0.2) is 9.18 Å². The van der Waals surface area contributed by atoms with E-state index >= 15 is 4.39 Å². The molecule has 1 unspecified atom stereocenters. The molecule has 30 heavy (non-hydrogen) atoms.